The van der Waals surface area contributed by atoms with Gasteiger partial charge in [-0.1, -0.05) is 38.1 Å². The van der Waals surface area contributed by atoms with E-state index < -0.39 is 0 Å². The van der Waals surface area contributed by atoms with E-state index in [1.54, 1.807) is 7.11 Å². The van der Waals surface area contributed by atoms with Gasteiger partial charge in [0.2, 0.25) is 5.91 Å². The van der Waals surface area contributed by atoms with Gasteiger partial charge in [0.25, 0.3) is 0 Å². The van der Waals surface area contributed by atoms with Crippen molar-refractivity contribution in [2.45, 2.75) is 39.2 Å². The Balaban J connectivity index is 2.00. The van der Waals surface area contributed by atoms with E-state index in [4.69, 9.17) is 4.74 Å². The maximum absolute atomic E-state index is 12.2. The van der Waals surface area contributed by atoms with E-state index >= 15 is 0 Å². The van der Waals surface area contributed by atoms with Crippen LogP contribution in [0.5, 0.6) is 5.75 Å². The molecule has 0 heterocycles. The quantitative estimate of drug-likeness (QED) is 0.807. The number of hydrogen-bond acceptors (Lipinski definition) is 2. The average molecular weight is 287 g/mol. The lowest BCUT2D eigenvalue weighted by Crippen LogP contribution is -2.32. The molecule has 114 valence electrons. The first-order valence-corrected chi connectivity index (χ1v) is 7.70. The van der Waals surface area contributed by atoms with E-state index in [0.29, 0.717) is 18.3 Å². The molecule has 0 fully saturated rings. The largest absolute Gasteiger partial charge is 0.497 e. The molecule has 0 bridgehead atoms. The Bertz CT molecular complexity index is 490. The molecule has 0 aliphatic heterocycles. The van der Waals surface area contributed by atoms with Crippen molar-refractivity contribution in [1.82, 2.24) is 5.32 Å². The topological polar surface area (TPSA) is 38.3 Å². The number of carbonyl (C=O) groups is 1. The minimum Gasteiger partial charge on any atom is -0.497 e. The third kappa shape index (κ3) is 4.35. The maximum atomic E-state index is 12.2. The molecular weight excluding hydrogens is 262 g/mol. The third-order valence-corrected chi connectivity index (χ3v) is 4.02. The predicted molar refractivity (Wildman–Crippen MR) is 85.2 cm³/mol. The smallest absolute Gasteiger partial charge is 0.221 e. The molecule has 0 unspecified atom stereocenters. The molecule has 0 saturated heterocycles. The number of carbonyl (C=O) groups excluding carboxylic acids is 1. The minimum absolute atomic E-state index is 0.0498. The summed E-state index contributed by atoms with van der Waals surface area (Å²) < 4.78 is 5.18. The van der Waals surface area contributed by atoms with Gasteiger partial charge in [-0.15, -0.1) is 0 Å². The zero-order valence-corrected chi connectivity index (χ0v) is 13.1. The summed E-state index contributed by atoms with van der Waals surface area (Å²) >= 11 is 0. The van der Waals surface area contributed by atoms with Gasteiger partial charge in [-0.25, -0.2) is 0 Å². The zero-order valence-electron chi connectivity index (χ0n) is 13.1. The lowest BCUT2D eigenvalue weighted by atomic mass is 9.95. The van der Waals surface area contributed by atoms with Crippen molar-refractivity contribution in [3.05, 3.63) is 42.0 Å². The highest BCUT2D eigenvalue weighted by Gasteiger charge is 2.20. The monoisotopic (exact) mass is 287 g/mol. The number of benzene rings is 1. The van der Waals surface area contributed by atoms with Crippen LogP contribution in [0.3, 0.4) is 0 Å². The Labute approximate surface area is 127 Å². The van der Waals surface area contributed by atoms with E-state index in [2.05, 4.69) is 31.3 Å². The Kier molecular flexibility index (Phi) is 5.43. The second-order valence-corrected chi connectivity index (χ2v) is 6.03. The summed E-state index contributed by atoms with van der Waals surface area (Å²) in [5.41, 5.74) is 1.13. The SMILES string of the molecule is COc1ccc([C@@H](NC(=O)C[C@@H]2C=CCC2)C(C)C)cc1. The lowest BCUT2D eigenvalue weighted by Gasteiger charge is -2.24. The van der Waals surface area contributed by atoms with E-state index in [1.165, 1.54) is 0 Å². The molecule has 1 amide bonds. The highest BCUT2D eigenvalue weighted by atomic mass is 16.5. The highest BCUT2D eigenvalue weighted by molar-refractivity contribution is 5.77. The first-order valence-electron chi connectivity index (χ1n) is 7.70. The van der Waals surface area contributed by atoms with Crippen LogP contribution in [0, 0.1) is 11.8 Å². The Morgan fingerprint density at radius 1 is 1.33 bits per heavy atom. The Morgan fingerprint density at radius 3 is 2.57 bits per heavy atom. The molecule has 0 aromatic heterocycles. The van der Waals surface area contributed by atoms with Crippen molar-refractivity contribution < 1.29 is 9.53 Å². The van der Waals surface area contributed by atoms with Crippen LogP contribution in [0.15, 0.2) is 36.4 Å². The molecule has 0 spiro atoms. The number of hydrogen-bond donors (Lipinski definition) is 1. The summed E-state index contributed by atoms with van der Waals surface area (Å²) in [4.78, 5) is 12.2. The average Bonchev–Trinajstić information content (AvgIpc) is 2.97. The molecule has 3 heteroatoms. The summed E-state index contributed by atoms with van der Waals surface area (Å²) in [6.07, 6.45) is 7.13. The van der Waals surface area contributed by atoms with Gasteiger partial charge in [0, 0.05) is 6.42 Å². The first kappa shape index (κ1) is 15.6. The molecule has 3 nitrogen and oxygen atoms in total. The summed E-state index contributed by atoms with van der Waals surface area (Å²) in [6, 6.07) is 7.99. The van der Waals surface area contributed by atoms with Crippen LogP contribution < -0.4 is 10.1 Å². The van der Waals surface area contributed by atoms with Gasteiger partial charge in [-0.05, 0) is 42.4 Å². The summed E-state index contributed by atoms with van der Waals surface area (Å²) in [5.74, 6) is 1.74. The van der Waals surface area contributed by atoms with Crippen LogP contribution in [0.25, 0.3) is 0 Å². The minimum atomic E-state index is 0.0498. The van der Waals surface area contributed by atoms with Crippen LogP contribution in [-0.2, 0) is 4.79 Å². The number of methoxy groups -OCH3 is 1. The zero-order chi connectivity index (χ0) is 15.2. The van der Waals surface area contributed by atoms with Crippen LogP contribution in [-0.4, -0.2) is 13.0 Å². The number of rotatable bonds is 6. The first-order chi connectivity index (χ1) is 10.1. The molecule has 1 aliphatic rings. The van der Waals surface area contributed by atoms with Crippen molar-refractivity contribution in [1.29, 1.82) is 0 Å². The molecule has 0 saturated carbocycles. The van der Waals surface area contributed by atoms with E-state index in [9.17, 15) is 4.79 Å². The highest BCUT2D eigenvalue weighted by Crippen LogP contribution is 2.25. The summed E-state index contributed by atoms with van der Waals surface area (Å²) in [5, 5.41) is 3.18. The van der Waals surface area contributed by atoms with E-state index in [-0.39, 0.29) is 11.9 Å². The van der Waals surface area contributed by atoms with Crippen LogP contribution in [0.2, 0.25) is 0 Å². The van der Waals surface area contributed by atoms with Crippen LogP contribution >= 0.6 is 0 Å². The molecule has 2 atom stereocenters. The molecule has 1 aromatic rings. The normalized spacial score (nSPS) is 18.8. The van der Waals surface area contributed by atoms with Gasteiger partial charge >= 0.3 is 0 Å². The molecule has 2 rings (SSSR count). The molecule has 0 radical (unpaired) electrons. The Hall–Kier alpha value is -1.77. The van der Waals surface area contributed by atoms with Gasteiger partial charge in [0.1, 0.15) is 5.75 Å². The van der Waals surface area contributed by atoms with Crippen LogP contribution in [0.4, 0.5) is 0 Å². The standard InChI is InChI=1S/C18H25NO2/c1-13(2)18(15-8-10-16(21-3)11-9-15)19-17(20)12-14-6-4-5-7-14/h4,6,8-11,13-14,18H,5,7,12H2,1-3H3,(H,19,20)/t14-,18+/m1/s1. The molecule has 1 N–H and O–H groups in total. The number of amides is 1. The predicted octanol–water partition coefficient (Wildman–Crippen LogP) is 3.86. The third-order valence-electron chi connectivity index (χ3n) is 4.02. The van der Waals surface area contributed by atoms with Gasteiger partial charge in [0.05, 0.1) is 13.2 Å². The molecule has 1 aliphatic carbocycles. The number of allylic oxidation sites excluding steroid dienone is 2. The van der Waals surface area contributed by atoms with Crippen molar-refractivity contribution in [2.75, 3.05) is 7.11 Å². The summed E-state index contributed by atoms with van der Waals surface area (Å²) in [6.45, 7) is 4.26. The van der Waals surface area contributed by atoms with Gasteiger partial charge in [-0.2, -0.15) is 0 Å². The van der Waals surface area contributed by atoms with Gasteiger partial charge in [0.15, 0.2) is 0 Å². The van der Waals surface area contributed by atoms with E-state index in [1.807, 2.05) is 24.3 Å². The molecule has 21 heavy (non-hydrogen) atoms. The van der Waals surface area contributed by atoms with Crippen molar-refractivity contribution in [3.8, 4) is 5.75 Å². The number of nitrogens with one attached hydrogen (secondary N) is 1. The molecular formula is C18H25NO2. The lowest BCUT2D eigenvalue weighted by molar-refractivity contribution is -0.122. The van der Waals surface area contributed by atoms with Crippen molar-refractivity contribution in [3.63, 3.8) is 0 Å². The molecule has 1 aromatic carbocycles. The van der Waals surface area contributed by atoms with Crippen molar-refractivity contribution >= 4 is 5.91 Å². The fourth-order valence-electron chi connectivity index (χ4n) is 2.78. The second-order valence-electron chi connectivity index (χ2n) is 6.03. The van der Waals surface area contributed by atoms with Gasteiger partial charge in [-0.3, -0.25) is 4.79 Å². The fraction of sp³-hybridized carbons (Fsp3) is 0.500. The number of ether oxygens (including phenoxy) is 1. The second kappa shape index (κ2) is 7.30. The fourth-order valence-corrected chi connectivity index (χ4v) is 2.78. The van der Waals surface area contributed by atoms with Crippen LogP contribution in [0.1, 0.15) is 44.7 Å². The Morgan fingerprint density at radius 2 is 2.05 bits per heavy atom. The van der Waals surface area contributed by atoms with Gasteiger partial charge < -0.3 is 10.1 Å². The summed E-state index contributed by atoms with van der Waals surface area (Å²) in [7, 11) is 1.66. The maximum Gasteiger partial charge on any atom is 0.221 e. The van der Waals surface area contributed by atoms with E-state index in [0.717, 1.165) is 24.2 Å². The van der Waals surface area contributed by atoms with Crippen molar-refractivity contribution in [2.24, 2.45) is 11.8 Å².